The van der Waals surface area contributed by atoms with E-state index in [1.807, 2.05) is 18.2 Å². The summed E-state index contributed by atoms with van der Waals surface area (Å²) in [6.07, 6.45) is 0. The highest BCUT2D eigenvalue weighted by atomic mass is 35.5. The average Bonchev–Trinajstić information content (AvgIpc) is 2.16. The van der Waals surface area contributed by atoms with E-state index in [2.05, 4.69) is 10.5 Å². The van der Waals surface area contributed by atoms with E-state index in [4.69, 9.17) is 22.5 Å². The number of para-hydroxylation sites is 1. The molecule has 0 heterocycles. The van der Waals surface area contributed by atoms with E-state index in [1.54, 1.807) is 6.07 Å². The van der Waals surface area contributed by atoms with Gasteiger partial charge in [-0.15, -0.1) is 12.4 Å². The summed E-state index contributed by atoms with van der Waals surface area (Å²) in [5.41, 5.74) is 6.03. The molecule has 0 spiro atoms. The summed E-state index contributed by atoms with van der Waals surface area (Å²) >= 11 is 5.85. The van der Waals surface area contributed by atoms with Crippen molar-refractivity contribution in [1.29, 1.82) is 0 Å². The Morgan fingerprint density at radius 2 is 2.14 bits per heavy atom. The molecule has 0 amide bonds. The number of halogens is 2. The minimum absolute atomic E-state index is 0. The lowest BCUT2D eigenvalue weighted by Gasteiger charge is -2.05. The lowest BCUT2D eigenvalue weighted by molar-refractivity contribution is 0.317. The standard InChI is InChI=1S/C8H10ClN3O.ClH/c9-6-3-1-2-4-7(6)11-5-8(10)12-13;/h1-4,11,13H,5H2,(H2,10,12);1H. The topological polar surface area (TPSA) is 70.6 Å². The Labute approximate surface area is 93.2 Å². The molecule has 4 nitrogen and oxygen atoms in total. The molecule has 0 aliphatic rings. The van der Waals surface area contributed by atoms with Crippen LogP contribution in [-0.4, -0.2) is 17.6 Å². The summed E-state index contributed by atoms with van der Waals surface area (Å²) in [4.78, 5) is 0. The monoisotopic (exact) mass is 235 g/mol. The quantitative estimate of drug-likeness (QED) is 0.325. The molecule has 1 aromatic carbocycles. The zero-order chi connectivity index (χ0) is 9.68. The molecule has 0 atom stereocenters. The SMILES string of the molecule is Cl.NC(CNc1ccccc1Cl)=NO. The van der Waals surface area contributed by atoms with Crippen molar-refractivity contribution in [2.24, 2.45) is 10.9 Å². The number of anilines is 1. The van der Waals surface area contributed by atoms with E-state index in [1.165, 1.54) is 0 Å². The molecule has 0 aromatic heterocycles. The van der Waals surface area contributed by atoms with Gasteiger partial charge < -0.3 is 16.3 Å². The molecule has 0 bridgehead atoms. The number of rotatable bonds is 3. The molecule has 0 aliphatic carbocycles. The Morgan fingerprint density at radius 3 is 2.71 bits per heavy atom. The minimum Gasteiger partial charge on any atom is -0.409 e. The Balaban J connectivity index is 0.00000169. The van der Waals surface area contributed by atoms with E-state index in [0.717, 1.165) is 5.69 Å². The van der Waals surface area contributed by atoms with Crippen LogP contribution >= 0.6 is 24.0 Å². The minimum atomic E-state index is 0. The zero-order valence-corrected chi connectivity index (χ0v) is 8.85. The lowest BCUT2D eigenvalue weighted by Crippen LogP contribution is -2.22. The average molecular weight is 236 g/mol. The van der Waals surface area contributed by atoms with Crippen molar-refractivity contribution in [3.63, 3.8) is 0 Å². The molecule has 0 unspecified atom stereocenters. The summed E-state index contributed by atoms with van der Waals surface area (Å²) in [6, 6.07) is 7.25. The van der Waals surface area contributed by atoms with Crippen LogP contribution in [0.2, 0.25) is 5.02 Å². The molecule has 0 saturated heterocycles. The third-order valence-corrected chi connectivity index (χ3v) is 1.79. The fourth-order valence-corrected chi connectivity index (χ4v) is 1.03. The number of amidine groups is 1. The van der Waals surface area contributed by atoms with Gasteiger partial charge in [0.15, 0.2) is 5.84 Å². The largest absolute Gasteiger partial charge is 0.409 e. The predicted octanol–water partition coefficient (Wildman–Crippen LogP) is 1.92. The lowest BCUT2D eigenvalue weighted by atomic mass is 10.3. The maximum Gasteiger partial charge on any atom is 0.158 e. The number of nitrogens with one attached hydrogen (secondary N) is 1. The Kier molecular flexibility index (Phi) is 5.83. The molecule has 0 aliphatic heterocycles. The van der Waals surface area contributed by atoms with Crippen molar-refractivity contribution in [3.05, 3.63) is 29.3 Å². The Hall–Kier alpha value is -1.13. The number of oxime groups is 1. The van der Waals surface area contributed by atoms with Gasteiger partial charge in [0.1, 0.15) is 0 Å². The smallest absolute Gasteiger partial charge is 0.158 e. The van der Waals surface area contributed by atoms with Crippen LogP contribution in [0.25, 0.3) is 0 Å². The summed E-state index contributed by atoms with van der Waals surface area (Å²) in [6.45, 7) is 0.264. The second kappa shape index (κ2) is 6.34. The van der Waals surface area contributed by atoms with Gasteiger partial charge >= 0.3 is 0 Å². The summed E-state index contributed by atoms with van der Waals surface area (Å²) in [5.74, 6) is 0.111. The van der Waals surface area contributed by atoms with E-state index >= 15 is 0 Å². The van der Waals surface area contributed by atoms with Crippen molar-refractivity contribution in [2.75, 3.05) is 11.9 Å². The van der Waals surface area contributed by atoms with E-state index in [-0.39, 0.29) is 24.8 Å². The molecule has 78 valence electrons. The van der Waals surface area contributed by atoms with Crippen LogP contribution in [0.5, 0.6) is 0 Å². The highest BCUT2D eigenvalue weighted by Gasteiger charge is 1.98. The van der Waals surface area contributed by atoms with Gasteiger partial charge in [0.25, 0.3) is 0 Å². The van der Waals surface area contributed by atoms with Crippen molar-refractivity contribution in [2.45, 2.75) is 0 Å². The number of hydrogen-bond acceptors (Lipinski definition) is 3. The molecule has 6 heteroatoms. The predicted molar refractivity (Wildman–Crippen MR) is 60.6 cm³/mol. The summed E-state index contributed by atoms with van der Waals surface area (Å²) in [7, 11) is 0. The van der Waals surface area contributed by atoms with Gasteiger partial charge in [-0.3, -0.25) is 0 Å². The third kappa shape index (κ3) is 3.72. The fourth-order valence-electron chi connectivity index (χ4n) is 0.826. The second-order valence-corrected chi connectivity index (χ2v) is 2.83. The van der Waals surface area contributed by atoms with Crippen LogP contribution in [0.3, 0.4) is 0 Å². The van der Waals surface area contributed by atoms with Crippen LogP contribution in [0.4, 0.5) is 5.69 Å². The van der Waals surface area contributed by atoms with Crippen molar-refractivity contribution >= 4 is 35.5 Å². The van der Waals surface area contributed by atoms with Crippen molar-refractivity contribution in [3.8, 4) is 0 Å². The van der Waals surface area contributed by atoms with Crippen LogP contribution in [0.1, 0.15) is 0 Å². The summed E-state index contributed by atoms with van der Waals surface area (Å²) in [5, 5.41) is 14.6. The Bertz CT molecular complexity index is 317. The highest BCUT2D eigenvalue weighted by Crippen LogP contribution is 2.19. The van der Waals surface area contributed by atoms with Gasteiger partial charge in [-0.1, -0.05) is 28.9 Å². The van der Waals surface area contributed by atoms with Gasteiger partial charge in [0, 0.05) is 0 Å². The molecule has 0 fully saturated rings. The molecule has 14 heavy (non-hydrogen) atoms. The number of nitrogens with two attached hydrogens (primary N) is 1. The first kappa shape index (κ1) is 12.9. The van der Waals surface area contributed by atoms with Crippen LogP contribution in [0.15, 0.2) is 29.4 Å². The fraction of sp³-hybridized carbons (Fsp3) is 0.125. The first-order valence-electron chi connectivity index (χ1n) is 3.69. The van der Waals surface area contributed by atoms with Gasteiger partial charge in [0.2, 0.25) is 0 Å². The van der Waals surface area contributed by atoms with Gasteiger partial charge in [-0.05, 0) is 12.1 Å². The molecular formula is C8H11Cl2N3O. The van der Waals surface area contributed by atoms with Crippen LogP contribution in [-0.2, 0) is 0 Å². The highest BCUT2D eigenvalue weighted by molar-refractivity contribution is 6.33. The van der Waals surface area contributed by atoms with Gasteiger partial charge in [-0.2, -0.15) is 0 Å². The molecule has 0 radical (unpaired) electrons. The Morgan fingerprint density at radius 1 is 1.50 bits per heavy atom. The van der Waals surface area contributed by atoms with Crippen molar-refractivity contribution < 1.29 is 5.21 Å². The zero-order valence-electron chi connectivity index (χ0n) is 7.27. The molecule has 4 N–H and O–H groups in total. The van der Waals surface area contributed by atoms with E-state index < -0.39 is 0 Å². The van der Waals surface area contributed by atoms with Crippen molar-refractivity contribution in [1.82, 2.24) is 0 Å². The molecule has 1 rings (SSSR count). The van der Waals surface area contributed by atoms with Crippen LogP contribution in [0, 0.1) is 0 Å². The number of benzene rings is 1. The molecule has 1 aromatic rings. The molecule has 0 saturated carbocycles. The van der Waals surface area contributed by atoms with Crippen LogP contribution < -0.4 is 11.1 Å². The number of hydrogen-bond donors (Lipinski definition) is 3. The summed E-state index contributed by atoms with van der Waals surface area (Å²) < 4.78 is 0. The third-order valence-electron chi connectivity index (χ3n) is 1.46. The first-order chi connectivity index (χ1) is 6.24. The van der Waals surface area contributed by atoms with E-state index in [0.29, 0.717) is 5.02 Å². The maximum absolute atomic E-state index is 8.27. The first-order valence-corrected chi connectivity index (χ1v) is 4.06. The van der Waals surface area contributed by atoms with E-state index in [9.17, 15) is 0 Å². The number of nitrogens with zero attached hydrogens (tertiary/aromatic N) is 1. The van der Waals surface area contributed by atoms with Gasteiger partial charge in [0.05, 0.1) is 17.3 Å². The maximum atomic E-state index is 8.27. The van der Waals surface area contributed by atoms with Gasteiger partial charge in [-0.25, -0.2) is 0 Å². The normalized spacial score (nSPS) is 10.5. The molecular weight excluding hydrogens is 225 g/mol. The second-order valence-electron chi connectivity index (χ2n) is 2.42.